The smallest absolute Gasteiger partial charge is 0.530 e. The summed E-state index contributed by atoms with van der Waals surface area (Å²) < 4.78 is 0. The van der Waals surface area contributed by atoms with Crippen LogP contribution in [0.4, 0.5) is 0 Å². The van der Waals surface area contributed by atoms with Crippen molar-refractivity contribution in [2.45, 2.75) is 52.9 Å². The van der Waals surface area contributed by atoms with Gasteiger partial charge in [-0.2, -0.15) is 6.41 Å². The van der Waals surface area contributed by atoms with Crippen LogP contribution in [0.5, 0.6) is 0 Å². The quantitative estimate of drug-likeness (QED) is 0.272. The SMILES string of the molecule is CC(C)(C)CCCCCCN[C-]=O.[K+]. The Hall–Kier alpha value is 1.11. The first-order valence-electron chi connectivity index (χ1n) is 5.16. The Kier molecular flexibility index (Phi) is 13.3. The number of amides is 1. The number of hydrogen-bond acceptors (Lipinski definition) is 1. The van der Waals surface area contributed by atoms with Crippen LogP contribution in [-0.2, 0) is 4.79 Å². The summed E-state index contributed by atoms with van der Waals surface area (Å²) in [5.41, 5.74) is 0.467. The number of rotatable bonds is 7. The third kappa shape index (κ3) is 15.6. The zero-order valence-electron chi connectivity index (χ0n) is 10.2. The number of carbonyl (C=O) groups excluding carboxylic acids is 1. The van der Waals surface area contributed by atoms with E-state index in [0.29, 0.717) is 5.41 Å². The minimum atomic E-state index is 0. The first kappa shape index (κ1) is 17.5. The summed E-state index contributed by atoms with van der Waals surface area (Å²) in [6.07, 6.45) is 7.85. The van der Waals surface area contributed by atoms with Crippen molar-refractivity contribution in [1.29, 1.82) is 0 Å². The van der Waals surface area contributed by atoms with E-state index in [4.69, 9.17) is 0 Å². The Bertz CT molecular complexity index is 132. The Morgan fingerprint density at radius 1 is 1.07 bits per heavy atom. The van der Waals surface area contributed by atoms with Gasteiger partial charge >= 0.3 is 51.4 Å². The molecule has 0 bridgehead atoms. The molecule has 0 aliphatic carbocycles. The van der Waals surface area contributed by atoms with Crippen molar-refractivity contribution in [3.8, 4) is 0 Å². The van der Waals surface area contributed by atoms with Crippen molar-refractivity contribution in [1.82, 2.24) is 5.32 Å². The molecule has 0 spiro atoms. The molecule has 0 radical (unpaired) electrons. The van der Waals surface area contributed by atoms with Crippen LogP contribution < -0.4 is 56.7 Å². The monoisotopic (exact) mass is 223 g/mol. The summed E-state index contributed by atoms with van der Waals surface area (Å²) in [7, 11) is 0. The zero-order chi connectivity index (χ0) is 10.2. The molecule has 0 rings (SSSR count). The molecule has 78 valence electrons. The van der Waals surface area contributed by atoms with Crippen LogP contribution in [0.1, 0.15) is 52.9 Å². The summed E-state index contributed by atoms with van der Waals surface area (Å²) in [6, 6.07) is 0. The normalized spacial score (nSPS) is 10.5. The second kappa shape index (κ2) is 10.6. The van der Waals surface area contributed by atoms with E-state index < -0.39 is 0 Å². The standard InChI is InChI=1S/C11H22NO.K/c1-11(2,3)8-6-4-5-7-9-12-10-13;/h4-9H2,1-3H3,(H,12,13);/q-1;+1. The maximum absolute atomic E-state index is 9.79. The van der Waals surface area contributed by atoms with Gasteiger partial charge in [0.2, 0.25) is 0 Å². The Labute approximate surface area is 131 Å². The molecule has 0 aromatic carbocycles. The second-order valence-corrected chi connectivity index (χ2v) is 4.75. The van der Waals surface area contributed by atoms with Gasteiger partial charge in [-0.25, -0.2) is 0 Å². The van der Waals surface area contributed by atoms with Gasteiger partial charge in [-0.05, 0) is 24.8 Å². The van der Waals surface area contributed by atoms with E-state index in [-0.39, 0.29) is 51.4 Å². The molecule has 0 aliphatic heterocycles. The molecule has 0 heterocycles. The molecule has 14 heavy (non-hydrogen) atoms. The van der Waals surface area contributed by atoms with E-state index in [1.165, 1.54) is 25.7 Å². The molecule has 1 amide bonds. The molecule has 0 saturated carbocycles. The molecule has 0 aromatic heterocycles. The van der Waals surface area contributed by atoms with Gasteiger partial charge in [0, 0.05) is 0 Å². The van der Waals surface area contributed by atoms with E-state index >= 15 is 0 Å². The van der Waals surface area contributed by atoms with Crippen molar-refractivity contribution in [3.05, 3.63) is 0 Å². The predicted molar refractivity (Wildman–Crippen MR) is 56.2 cm³/mol. The van der Waals surface area contributed by atoms with E-state index in [0.717, 1.165) is 13.0 Å². The third-order valence-electron chi connectivity index (χ3n) is 2.05. The Morgan fingerprint density at radius 3 is 2.14 bits per heavy atom. The van der Waals surface area contributed by atoms with Gasteiger partial charge in [0.1, 0.15) is 0 Å². The first-order valence-corrected chi connectivity index (χ1v) is 5.16. The topological polar surface area (TPSA) is 29.1 Å². The Balaban J connectivity index is 0. The van der Waals surface area contributed by atoms with Crippen LogP contribution in [0.25, 0.3) is 0 Å². The second-order valence-electron chi connectivity index (χ2n) is 4.75. The van der Waals surface area contributed by atoms with Crippen molar-refractivity contribution in [2.75, 3.05) is 6.54 Å². The fraction of sp³-hybridized carbons (Fsp3) is 0.909. The maximum Gasteiger partial charge on any atom is 1.00 e. The van der Waals surface area contributed by atoms with E-state index in [9.17, 15) is 4.79 Å². The van der Waals surface area contributed by atoms with Crippen LogP contribution in [0.2, 0.25) is 0 Å². The molecule has 0 atom stereocenters. The zero-order valence-corrected chi connectivity index (χ0v) is 13.3. The van der Waals surface area contributed by atoms with Crippen LogP contribution in [-0.4, -0.2) is 13.0 Å². The maximum atomic E-state index is 9.79. The van der Waals surface area contributed by atoms with Crippen molar-refractivity contribution >= 4 is 6.41 Å². The van der Waals surface area contributed by atoms with Gasteiger partial charge in [-0.1, -0.05) is 40.0 Å². The molecular weight excluding hydrogens is 201 g/mol. The first-order chi connectivity index (χ1) is 6.06. The molecule has 0 fully saturated rings. The summed E-state index contributed by atoms with van der Waals surface area (Å²) in [5.74, 6) is 0. The number of nitrogens with one attached hydrogen (secondary N) is 1. The number of unbranched alkanes of at least 4 members (excludes halogenated alkanes) is 3. The number of hydrogen-bond donors (Lipinski definition) is 1. The van der Waals surface area contributed by atoms with Crippen LogP contribution in [0, 0.1) is 5.41 Å². The molecule has 0 saturated heterocycles. The average molecular weight is 223 g/mol. The van der Waals surface area contributed by atoms with Crippen LogP contribution in [0.15, 0.2) is 0 Å². The fourth-order valence-corrected chi connectivity index (χ4v) is 1.27. The van der Waals surface area contributed by atoms with Gasteiger partial charge in [-0.3, -0.25) is 0 Å². The van der Waals surface area contributed by atoms with E-state index in [1.807, 2.05) is 0 Å². The molecule has 0 aromatic rings. The van der Waals surface area contributed by atoms with E-state index in [2.05, 4.69) is 26.1 Å². The van der Waals surface area contributed by atoms with Crippen LogP contribution in [0.3, 0.4) is 0 Å². The van der Waals surface area contributed by atoms with Gasteiger partial charge in [0.05, 0.1) is 0 Å². The van der Waals surface area contributed by atoms with Crippen molar-refractivity contribution in [2.24, 2.45) is 5.41 Å². The largest absolute Gasteiger partial charge is 1.00 e. The molecule has 3 heteroatoms. The summed E-state index contributed by atoms with van der Waals surface area (Å²) in [5, 5.41) is 2.55. The molecule has 1 N–H and O–H groups in total. The minimum absolute atomic E-state index is 0. The van der Waals surface area contributed by atoms with Gasteiger partial charge in [-0.15, -0.1) is 0 Å². The third-order valence-corrected chi connectivity index (χ3v) is 2.05. The summed E-state index contributed by atoms with van der Waals surface area (Å²) in [6.45, 7) is 7.60. The molecule has 2 nitrogen and oxygen atoms in total. The van der Waals surface area contributed by atoms with Crippen molar-refractivity contribution < 1.29 is 56.2 Å². The molecule has 0 aliphatic rings. The van der Waals surface area contributed by atoms with Gasteiger partial charge in [0.25, 0.3) is 0 Å². The summed E-state index contributed by atoms with van der Waals surface area (Å²) in [4.78, 5) is 9.79. The van der Waals surface area contributed by atoms with Gasteiger partial charge < -0.3 is 10.1 Å². The van der Waals surface area contributed by atoms with Crippen LogP contribution >= 0.6 is 0 Å². The minimum Gasteiger partial charge on any atom is -0.530 e. The van der Waals surface area contributed by atoms with E-state index in [1.54, 1.807) is 6.41 Å². The van der Waals surface area contributed by atoms with Crippen molar-refractivity contribution in [3.63, 3.8) is 0 Å². The predicted octanol–water partition coefficient (Wildman–Crippen LogP) is -0.356. The fourth-order valence-electron chi connectivity index (χ4n) is 1.27. The molecule has 0 unspecified atom stereocenters. The summed E-state index contributed by atoms with van der Waals surface area (Å²) >= 11 is 0. The molecular formula is C11H22KNO. The average Bonchev–Trinajstić information content (AvgIpc) is 2.01. The van der Waals surface area contributed by atoms with Gasteiger partial charge in [0.15, 0.2) is 0 Å². The Morgan fingerprint density at radius 2 is 1.64 bits per heavy atom.